The molecule has 5 heteroatoms. The van der Waals surface area contributed by atoms with Crippen LogP contribution in [0.3, 0.4) is 0 Å². The molecule has 1 aliphatic heterocycles. The minimum atomic E-state index is -1.09. The van der Waals surface area contributed by atoms with Crippen LogP contribution in [0, 0.1) is 11.3 Å². The van der Waals surface area contributed by atoms with Gasteiger partial charge in [-0.3, -0.25) is 20.2 Å². The largest absolute Gasteiger partial charge is 0.328 e. The van der Waals surface area contributed by atoms with Gasteiger partial charge in [-0.2, -0.15) is 0 Å². The van der Waals surface area contributed by atoms with Crippen molar-refractivity contribution in [2.45, 2.75) is 40.0 Å². The van der Waals surface area contributed by atoms with Gasteiger partial charge in [0.1, 0.15) is 5.41 Å². The summed E-state index contributed by atoms with van der Waals surface area (Å²) in [6, 6.07) is -0.718. The number of amides is 4. The zero-order chi connectivity index (χ0) is 12.3. The molecule has 1 rings (SSSR count). The van der Waals surface area contributed by atoms with Crippen LogP contribution in [0.2, 0.25) is 0 Å². The van der Waals surface area contributed by atoms with Gasteiger partial charge in [-0.15, -0.1) is 0 Å². The second kappa shape index (κ2) is 4.63. The second-order valence-electron chi connectivity index (χ2n) is 4.08. The zero-order valence-electron chi connectivity index (χ0n) is 9.92. The van der Waals surface area contributed by atoms with Crippen molar-refractivity contribution in [1.29, 1.82) is 0 Å². The van der Waals surface area contributed by atoms with Crippen molar-refractivity contribution in [2.24, 2.45) is 11.3 Å². The summed E-state index contributed by atoms with van der Waals surface area (Å²) in [6.45, 7) is 5.69. The standard InChI is InChI=1S/C11H18N2O3/c1-4-7(5-2)11(6-3)8(14)12-10(16)13-9(11)15/h7H,4-6H2,1-3H3,(H2,12,13,14,15,16). The van der Waals surface area contributed by atoms with Gasteiger partial charge < -0.3 is 0 Å². The third-order valence-electron chi connectivity index (χ3n) is 3.50. The molecule has 4 amide bonds. The average molecular weight is 226 g/mol. The molecule has 1 heterocycles. The molecule has 0 aliphatic carbocycles. The Kier molecular flexibility index (Phi) is 3.67. The Labute approximate surface area is 95.0 Å². The predicted molar refractivity (Wildman–Crippen MR) is 58.5 cm³/mol. The van der Waals surface area contributed by atoms with E-state index in [9.17, 15) is 14.4 Å². The number of hydrogen-bond acceptors (Lipinski definition) is 3. The molecule has 1 saturated heterocycles. The van der Waals surface area contributed by atoms with Gasteiger partial charge in [0.25, 0.3) is 0 Å². The summed E-state index contributed by atoms with van der Waals surface area (Å²) in [7, 11) is 0. The Morgan fingerprint density at radius 3 is 1.75 bits per heavy atom. The molecule has 90 valence electrons. The van der Waals surface area contributed by atoms with Crippen molar-refractivity contribution in [3.8, 4) is 0 Å². The maximum absolute atomic E-state index is 11.9. The van der Waals surface area contributed by atoms with E-state index in [4.69, 9.17) is 0 Å². The fourth-order valence-electron chi connectivity index (χ4n) is 2.53. The SMILES string of the molecule is CCC(CC)C1(CC)C(=O)NC(=O)NC1=O. The number of barbiturate groups is 1. The molecule has 2 N–H and O–H groups in total. The lowest BCUT2D eigenvalue weighted by Crippen LogP contribution is -2.64. The topological polar surface area (TPSA) is 75.3 Å². The molecule has 1 aliphatic rings. The van der Waals surface area contributed by atoms with Gasteiger partial charge in [0.2, 0.25) is 11.8 Å². The lowest BCUT2D eigenvalue weighted by atomic mass is 9.68. The highest BCUT2D eigenvalue weighted by Crippen LogP contribution is 2.38. The Bertz CT molecular complexity index is 301. The average Bonchev–Trinajstić information content (AvgIpc) is 2.23. The molecular weight excluding hydrogens is 208 g/mol. The van der Waals surface area contributed by atoms with Gasteiger partial charge in [0.15, 0.2) is 0 Å². The van der Waals surface area contributed by atoms with E-state index in [-0.39, 0.29) is 5.92 Å². The summed E-state index contributed by atoms with van der Waals surface area (Å²) in [4.78, 5) is 34.9. The van der Waals surface area contributed by atoms with Crippen molar-refractivity contribution < 1.29 is 14.4 Å². The first-order valence-corrected chi connectivity index (χ1v) is 5.69. The van der Waals surface area contributed by atoms with Gasteiger partial charge in [-0.05, 0) is 12.3 Å². The molecule has 0 radical (unpaired) electrons. The van der Waals surface area contributed by atoms with Crippen LogP contribution in [-0.4, -0.2) is 17.8 Å². The second-order valence-corrected chi connectivity index (χ2v) is 4.08. The first-order valence-electron chi connectivity index (χ1n) is 5.69. The van der Waals surface area contributed by atoms with E-state index >= 15 is 0 Å². The van der Waals surface area contributed by atoms with Gasteiger partial charge in [0, 0.05) is 0 Å². The third-order valence-corrected chi connectivity index (χ3v) is 3.50. The van der Waals surface area contributed by atoms with Crippen LogP contribution in [0.5, 0.6) is 0 Å². The Balaban J connectivity index is 3.14. The van der Waals surface area contributed by atoms with E-state index in [1.54, 1.807) is 6.92 Å². The van der Waals surface area contributed by atoms with Crippen LogP contribution in [0.4, 0.5) is 4.79 Å². The molecule has 1 fully saturated rings. The lowest BCUT2D eigenvalue weighted by molar-refractivity contribution is -0.149. The van der Waals surface area contributed by atoms with E-state index in [0.29, 0.717) is 6.42 Å². The van der Waals surface area contributed by atoms with E-state index in [0.717, 1.165) is 12.8 Å². The summed E-state index contributed by atoms with van der Waals surface area (Å²) in [5, 5.41) is 4.38. The first kappa shape index (κ1) is 12.7. The number of urea groups is 1. The number of rotatable bonds is 4. The molecule has 16 heavy (non-hydrogen) atoms. The van der Waals surface area contributed by atoms with E-state index in [1.807, 2.05) is 13.8 Å². The van der Waals surface area contributed by atoms with Crippen molar-refractivity contribution in [2.75, 3.05) is 0 Å². The fourth-order valence-corrected chi connectivity index (χ4v) is 2.53. The van der Waals surface area contributed by atoms with Crippen molar-refractivity contribution in [1.82, 2.24) is 10.6 Å². The Hall–Kier alpha value is -1.39. The van der Waals surface area contributed by atoms with E-state index < -0.39 is 23.3 Å². The molecule has 0 aromatic rings. The highest BCUT2D eigenvalue weighted by molar-refractivity contribution is 6.19. The summed E-state index contributed by atoms with van der Waals surface area (Å²) < 4.78 is 0. The minimum Gasteiger partial charge on any atom is -0.277 e. The summed E-state index contributed by atoms with van der Waals surface area (Å²) in [5.74, 6) is -0.958. The molecule has 0 spiro atoms. The van der Waals surface area contributed by atoms with Crippen LogP contribution >= 0.6 is 0 Å². The van der Waals surface area contributed by atoms with Crippen LogP contribution in [0.25, 0.3) is 0 Å². The number of carbonyl (C=O) groups excluding carboxylic acids is 3. The Morgan fingerprint density at radius 1 is 1.00 bits per heavy atom. The quantitative estimate of drug-likeness (QED) is 0.707. The smallest absolute Gasteiger partial charge is 0.277 e. The zero-order valence-corrected chi connectivity index (χ0v) is 9.92. The summed E-state index contributed by atoms with van der Waals surface area (Å²) in [6.07, 6.45) is 1.88. The highest BCUT2D eigenvalue weighted by Gasteiger charge is 2.52. The van der Waals surface area contributed by atoms with Crippen LogP contribution < -0.4 is 10.6 Å². The molecule has 0 aromatic heterocycles. The van der Waals surface area contributed by atoms with E-state index in [2.05, 4.69) is 10.6 Å². The minimum absolute atomic E-state index is 0.0365. The number of nitrogens with one attached hydrogen (secondary N) is 2. The van der Waals surface area contributed by atoms with Gasteiger partial charge >= 0.3 is 6.03 Å². The van der Waals surface area contributed by atoms with Crippen molar-refractivity contribution in [3.05, 3.63) is 0 Å². The molecule has 0 unspecified atom stereocenters. The summed E-state index contributed by atoms with van der Waals surface area (Å²) in [5.41, 5.74) is -1.09. The number of hydrogen-bond donors (Lipinski definition) is 2. The monoisotopic (exact) mass is 226 g/mol. The molecule has 0 saturated carbocycles. The normalized spacial score (nSPS) is 19.6. The predicted octanol–water partition coefficient (Wildman–Crippen LogP) is 1.18. The van der Waals surface area contributed by atoms with Gasteiger partial charge in [-0.1, -0.05) is 33.6 Å². The fraction of sp³-hybridized carbons (Fsp3) is 0.727. The molecule has 0 atom stereocenters. The molecule has 0 aromatic carbocycles. The van der Waals surface area contributed by atoms with Crippen LogP contribution in [-0.2, 0) is 9.59 Å². The molecule has 0 bridgehead atoms. The van der Waals surface area contributed by atoms with E-state index in [1.165, 1.54) is 0 Å². The van der Waals surface area contributed by atoms with Gasteiger partial charge in [-0.25, -0.2) is 4.79 Å². The lowest BCUT2D eigenvalue weighted by Gasteiger charge is -2.38. The number of imide groups is 2. The third kappa shape index (κ3) is 1.70. The van der Waals surface area contributed by atoms with Crippen LogP contribution in [0.15, 0.2) is 0 Å². The summed E-state index contributed by atoms with van der Waals surface area (Å²) >= 11 is 0. The number of carbonyl (C=O) groups is 3. The highest BCUT2D eigenvalue weighted by atomic mass is 16.2. The van der Waals surface area contributed by atoms with Crippen molar-refractivity contribution in [3.63, 3.8) is 0 Å². The maximum Gasteiger partial charge on any atom is 0.328 e. The van der Waals surface area contributed by atoms with Crippen molar-refractivity contribution >= 4 is 17.8 Å². The Morgan fingerprint density at radius 2 is 1.44 bits per heavy atom. The maximum atomic E-state index is 11.9. The molecular formula is C11H18N2O3. The van der Waals surface area contributed by atoms with Gasteiger partial charge in [0.05, 0.1) is 0 Å². The molecule has 5 nitrogen and oxygen atoms in total. The first-order chi connectivity index (χ1) is 7.52. The van der Waals surface area contributed by atoms with Crippen LogP contribution in [0.1, 0.15) is 40.0 Å².